The molecule has 0 aliphatic rings. The molecule has 0 aliphatic heterocycles. The van der Waals surface area contributed by atoms with Crippen LogP contribution in [0.25, 0.3) is 6.08 Å². The van der Waals surface area contributed by atoms with Crippen LogP contribution in [0.1, 0.15) is 29.7 Å². The molecule has 2 rings (SSSR count). The summed E-state index contributed by atoms with van der Waals surface area (Å²) < 4.78 is 39.5. The number of aliphatic hydroxyl groups excluding tert-OH is 1. The average molecular weight is 349 g/mol. The van der Waals surface area contributed by atoms with Gasteiger partial charge in [0.2, 0.25) is 10.0 Å². The number of hydrogen-bond donors (Lipinski definition) is 2. The Kier molecular flexibility index (Phi) is 5.88. The van der Waals surface area contributed by atoms with E-state index in [2.05, 4.69) is 4.72 Å². The summed E-state index contributed by atoms with van der Waals surface area (Å²) in [5.41, 5.74) is 2.29. The maximum atomic E-state index is 12.9. The smallest absolute Gasteiger partial charge is 0.234 e. The van der Waals surface area contributed by atoms with Gasteiger partial charge in [0.1, 0.15) is 5.82 Å². The van der Waals surface area contributed by atoms with Crippen LogP contribution in [-0.4, -0.2) is 19.6 Å². The highest BCUT2D eigenvalue weighted by atomic mass is 32.2. The first-order valence-electron chi connectivity index (χ1n) is 7.47. The summed E-state index contributed by atoms with van der Waals surface area (Å²) in [6, 6.07) is 11.9. The van der Waals surface area contributed by atoms with Crippen molar-refractivity contribution in [1.82, 2.24) is 4.72 Å². The molecule has 0 amide bonds. The molecule has 0 heterocycles. The predicted molar refractivity (Wildman–Crippen MR) is 93.1 cm³/mol. The van der Waals surface area contributed by atoms with Gasteiger partial charge in [0, 0.05) is 11.4 Å². The molecule has 2 aromatic carbocycles. The minimum Gasteiger partial charge on any atom is -0.387 e. The molecular weight excluding hydrogens is 329 g/mol. The standard InChI is InChI=1S/C18H20FNO3S/c1-13-3-5-15(6-4-13)11-12-24(22,23)20-14(2)18(21)16-7-9-17(19)10-8-16/h3-12,14,18,20-21H,1-2H3/b12-11+. The van der Waals surface area contributed by atoms with Gasteiger partial charge in [-0.2, -0.15) is 0 Å². The lowest BCUT2D eigenvalue weighted by atomic mass is 10.0. The van der Waals surface area contributed by atoms with Crippen molar-refractivity contribution in [3.8, 4) is 0 Å². The maximum absolute atomic E-state index is 12.9. The van der Waals surface area contributed by atoms with Crippen LogP contribution in [0.4, 0.5) is 4.39 Å². The number of hydrogen-bond acceptors (Lipinski definition) is 3. The predicted octanol–water partition coefficient (Wildman–Crippen LogP) is 3.15. The number of nitrogens with one attached hydrogen (secondary N) is 1. The van der Waals surface area contributed by atoms with Crippen LogP contribution in [0.5, 0.6) is 0 Å². The molecule has 2 aromatic rings. The van der Waals surface area contributed by atoms with E-state index in [0.717, 1.165) is 16.5 Å². The lowest BCUT2D eigenvalue weighted by Gasteiger charge is -2.19. The van der Waals surface area contributed by atoms with Crippen LogP contribution < -0.4 is 4.72 Å². The minimum absolute atomic E-state index is 0.416. The summed E-state index contributed by atoms with van der Waals surface area (Å²) in [5, 5.41) is 11.2. The number of aryl methyl sites for hydroxylation is 1. The zero-order valence-corrected chi connectivity index (χ0v) is 14.3. The van der Waals surface area contributed by atoms with Gasteiger partial charge in [-0.3, -0.25) is 0 Å². The molecule has 2 atom stereocenters. The molecule has 0 aromatic heterocycles. The highest BCUT2D eigenvalue weighted by Gasteiger charge is 2.20. The SMILES string of the molecule is Cc1ccc(/C=C/S(=O)(=O)NC(C)C(O)c2ccc(F)cc2)cc1. The third kappa shape index (κ3) is 5.26. The third-order valence-electron chi connectivity index (χ3n) is 3.55. The summed E-state index contributed by atoms with van der Waals surface area (Å²) in [5.74, 6) is -0.416. The fraction of sp³-hybridized carbons (Fsp3) is 0.222. The van der Waals surface area contributed by atoms with Crippen molar-refractivity contribution in [3.05, 3.63) is 76.4 Å². The van der Waals surface area contributed by atoms with E-state index in [1.807, 2.05) is 31.2 Å². The van der Waals surface area contributed by atoms with Crippen LogP contribution in [0.2, 0.25) is 0 Å². The molecule has 2 N–H and O–H groups in total. The van der Waals surface area contributed by atoms with E-state index in [-0.39, 0.29) is 0 Å². The van der Waals surface area contributed by atoms with Crippen molar-refractivity contribution in [3.63, 3.8) is 0 Å². The molecular formula is C18H20FNO3S. The molecule has 0 bridgehead atoms. The van der Waals surface area contributed by atoms with Crippen molar-refractivity contribution >= 4 is 16.1 Å². The molecule has 4 nitrogen and oxygen atoms in total. The van der Waals surface area contributed by atoms with Gasteiger partial charge in [-0.05, 0) is 43.2 Å². The average Bonchev–Trinajstić information content (AvgIpc) is 2.54. The number of benzene rings is 2. The molecule has 24 heavy (non-hydrogen) atoms. The Morgan fingerprint density at radius 2 is 1.67 bits per heavy atom. The van der Waals surface area contributed by atoms with Crippen LogP contribution in [0.3, 0.4) is 0 Å². The third-order valence-corrected chi connectivity index (χ3v) is 4.75. The van der Waals surface area contributed by atoms with E-state index in [4.69, 9.17) is 0 Å². The topological polar surface area (TPSA) is 66.4 Å². The summed E-state index contributed by atoms with van der Waals surface area (Å²) >= 11 is 0. The number of halogens is 1. The lowest BCUT2D eigenvalue weighted by molar-refractivity contribution is 0.146. The largest absolute Gasteiger partial charge is 0.387 e. The Balaban J connectivity index is 2.04. The molecule has 0 saturated heterocycles. The Morgan fingerprint density at radius 1 is 1.08 bits per heavy atom. The van der Waals surface area contributed by atoms with Gasteiger partial charge in [-0.25, -0.2) is 17.5 Å². The number of aliphatic hydroxyl groups is 1. The normalized spacial score (nSPS) is 14.7. The molecule has 0 aliphatic carbocycles. The Labute approximate surface area is 141 Å². The second kappa shape index (κ2) is 7.70. The quantitative estimate of drug-likeness (QED) is 0.842. The number of rotatable bonds is 6. The highest BCUT2D eigenvalue weighted by molar-refractivity contribution is 7.92. The van der Waals surface area contributed by atoms with Crippen molar-refractivity contribution in [2.75, 3.05) is 0 Å². The first-order valence-corrected chi connectivity index (χ1v) is 9.02. The van der Waals surface area contributed by atoms with Gasteiger partial charge in [0.25, 0.3) is 0 Å². The van der Waals surface area contributed by atoms with Crippen LogP contribution >= 0.6 is 0 Å². The summed E-state index contributed by atoms with van der Waals surface area (Å²) in [6.07, 6.45) is 0.409. The fourth-order valence-corrected chi connectivity index (χ4v) is 3.22. The molecule has 0 spiro atoms. The summed E-state index contributed by atoms with van der Waals surface area (Å²) in [7, 11) is -3.71. The molecule has 0 fully saturated rings. The Morgan fingerprint density at radius 3 is 2.25 bits per heavy atom. The summed E-state index contributed by atoms with van der Waals surface area (Å²) in [4.78, 5) is 0. The van der Waals surface area contributed by atoms with Crippen LogP contribution in [-0.2, 0) is 10.0 Å². The summed E-state index contributed by atoms with van der Waals surface area (Å²) in [6.45, 7) is 3.50. The van der Waals surface area contributed by atoms with Crippen molar-refractivity contribution in [2.45, 2.75) is 26.0 Å². The van der Waals surface area contributed by atoms with Gasteiger partial charge in [0.05, 0.1) is 6.10 Å². The van der Waals surface area contributed by atoms with E-state index >= 15 is 0 Å². The van der Waals surface area contributed by atoms with Gasteiger partial charge in [-0.15, -0.1) is 0 Å². The monoisotopic (exact) mass is 349 g/mol. The van der Waals surface area contributed by atoms with Crippen LogP contribution in [0.15, 0.2) is 53.9 Å². The number of sulfonamides is 1. The molecule has 128 valence electrons. The van der Waals surface area contributed by atoms with Crippen LogP contribution in [0, 0.1) is 12.7 Å². The molecule has 0 saturated carbocycles. The second-order valence-electron chi connectivity index (χ2n) is 5.66. The zero-order valence-electron chi connectivity index (χ0n) is 13.5. The van der Waals surface area contributed by atoms with Gasteiger partial charge >= 0.3 is 0 Å². The van der Waals surface area contributed by atoms with E-state index in [0.29, 0.717) is 5.56 Å². The first kappa shape index (κ1) is 18.3. The first-order chi connectivity index (χ1) is 11.3. The highest BCUT2D eigenvalue weighted by Crippen LogP contribution is 2.18. The molecule has 6 heteroatoms. The van der Waals surface area contributed by atoms with E-state index in [9.17, 15) is 17.9 Å². The molecule has 0 radical (unpaired) electrons. The minimum atomic E-state index is -3.71. The van der Waals surface area contributed by atoms with E-state index in [1.54, 1.807) is 6.92 Å². The zero-order chi connectivity index (χ0) is 17.7. The Bertz CT molecular complexity index is 799. The van der Waals surface area contributed by atoms with E-state index < -0.39 is 28.0 Å². The van der Waals surface area contributed by atoms with Gasteiger partial charge in [0.15, 0.2) is 0 Å². The van der Waals surface area contributed by atoms with Crippen molar-refractivity contribution in [2.24, 2.45) is 0 Å². The van der Waals surface area contributed by atoms with E-state index in [1.165, 1.54) is 30.3 Å². The van der Waals surface area contributed by atoms with Crippen molar-refractivity contribution < 1.29 is 17.9 Å². The second-order valence-corrected chi connectivity index (χ2v) is 7.26. The fourth-order valence-electron chi connectivity index (χ4n) is 2.16. The maximum Gasteiger partial charge on any atom is 0.234 e. The van der Waals surface area contributed by atoms with Gasteiger partial charge < -0.3 is 5.11 Å². The molecule has 2 unspecified atom stereocenters. The Hall–Kier alpha value is -2.02. The lowest BCUT2D eigenvalue weighted by Crippen LogP contribution is -2.35. The van der Waals surface area contributed by atoms with Crippen molar-refractivity contribution in [1.29, 1.82) is 0 Å². The van der Waals surface area contributed by atoms with Gasteiger partial charge in [-0.1, -0.05) is 42.0 Å².